The Bertz CT molecular complexity index is 647. The van der Waals surface area contributed by atoms with Gasteiger partial charge in [0.15, 0.2) is 0 Å². The lowest BCUT2D eigenvalue weighted by atomic mass is 9.97. The summed E-state index contributed by atoms with van der Waals surface area (Å²) < 4.78 is 12.9. The van der Waals surface area contributed by atoms with Gasteiger partial charge in [0.1, 0.15) is 5.82 Å². The predicted octanol–water partition coefficient (Wildman–Crippen LogP) is 4.74. The Morgan fingerprint density at radius 1 is 1.09 bits per heavy atom. The van der Waals surface area contributed by atoms with Gasteiger partial charge < -0.3 is 5.32 Å². The maximum Gasteiger partial charge on any atom is 0.244 e. The Morgan fingerprint density at radius 2 is 1.74 bits per heavy atom. The molecule has 2 nitrogen and oxygen atoms in total. The molecule has 2 aromatic rings. The van der Waals surface area contributed by atoms with Crippen LogP contribution in [0.4, 0.5) is 4.39 Å². The van der Waals surface area contributed by atoms with Crippen molar-refractivity contribution < 1.29 is 9.18 Å². The second-order valence-electron chi connectivity index (χ2n) is 5.99. The van der Waals surface area contributed by atoms with Crippen LogP contribution in [0.1, 0.15) is 37.4 Å². The van der Waals surface area contributed by atoms with Gasteiger partial charge in [-0.1, -0.05) is 56.3 Å². The lowest BCUT2D eigenvalue weighted by Crippen LogP contribution is -2.27. The summed E-state index contributed by atoms with van der Waals surface area (Å²) in [5.41, 5.74) is 1.89. The summed E-state index contributed by atoms with van der Waals surface area (Å²) >= 11 is 0. The highest BCUT2D eigenvalue weighted by Gasteiger charge is 2.14. The molecule has 0 heterocycles. The second-order valence-corrected chi connectivity index (χ2v) is 5.99. The number of hydrogen-bond donors (Lipinski definition) is 1. The third-order valence-electron chi connectivity index (χ3n) is 3.52. The largest absolute Gasteiger partial charge is 0.346 e. The van der Waals surface area contributed by atoms with Gasteiger partial charge in [-0.05, 0) is 41.7 Å². The summed E-state index contributed by atoms with van der Waals surface area (Å²) in [6, 6.07) is 16.0. The molecule has 0 spiro atoms. The summed E-state index contributed by atoms with van der Waals surface area (Å²) in [7, 11) is 0. The highest BCUT2D eigenvalue weighted by atomic mass is 19.1. The van der Waals surface area contributed by atoms with Crippen LogP contribution < -0.4 is 5.32 Å². The molecule has 2 rings (SSSR count). The van der Waals surface area contributed by atoms with Crippen molar-refractivity contribution in [3.8, 4) is 0 Å². The average molecular weight is 311 g/mol. The Labute approximate surface area is 137 Å². The van der Waals surface area contributed by atoms with Crippen LogP contribution in [-0.2, 0) is 4.79 Å². The van der Waals surface area contributed by atoms with E-state index in [1.165, 1.54) is 18.2 Å². The highest BCUT2D eigenvalue weighted by molar-refractivity contribution is 5.92. The maximum absolute atomic E-state index is 12.9. The van der Waals surface area contributed by atoms with Crippen LogP contribution in [0.5, 0.6) is 0 Å². The van der Waals surface area contributed by atoms with E-state index in [1.54, 1.807) is 18.2 Å². The number of amides is 1. The van der Waals surface area contributed by atoms with E-state index in [0.29, 0.717) is 5.92 Å². The maximum atomic E-state index is 12.9. The van der Waals surface area contributed by atoms with Crippen LogP contribution in [0.3, 0.4) is 0 Å². The average Bonchev–Trinajstić information content (AvgIpc) is 2.54. The van der Waals surface area contributed by atoms with Crippen LogP contribution in [0.15, 0.2) is 60.7 Å². The number of nitrogens with one attached hydrogen (secondary N) is 1. The normalized spacial score (nSPS) is 12.5. The molecule has 2 aromatic carbocycles. The van der Waals surface area contributed by atoms with E-state index >= 15 is 0 Å². The first-order valence-corrected chi connectivity index (χ1v) is 7.83. The Hall–Kier alpha value is -2.42. The van der Waals surface area contributed by atoms with Crippen molar-refractivity contribution in [1.82, 2.24) is 5.32 Å². The summed E-state index contributed by atoms with van der Waals surface area (Å²) in [5, 5.41) is 3.05. The van der Waals surface area contributed by atoms with E-state index in [1.807, 2.05) is 30.3 Å². The third-order valence-corrected chi connectivity index (χ3v) is 3.52. The molecule has 1 atom stereocenters. The predicted molar refractivity (Wildman–Crippen MR) is 92.2 cm³/mol. The Morgan fingerprint density at radius 3 is 2.35 bits per heavy atom. The summed E-state index contributed by atoms with van der Waals surface area (Å²) in [4.78, 5) is 12.2. The molecular weight excluding hydrogens is 289 g/mol. The monoisotopic (exact) mass is 311 g/mol. The van der Waals surface area contributed by atoms with E-state index in [0.717, 1.165) is 17.5 Å². The molecule has 0 aromatic heterocycles. The van der Waals surface area contributed by atoms with Crippen molar-refractivity contribution in [2.24, 2.45) is 5.92 Å². The molecule has 0 bridgehead atoms. The molecule has 0 aliphatic carbocycles. The molecule has 23 heavy (non-hydrogen) atoms. The number of rotatable bonds is 6. The van der Waals surface area contributed by atoms with E-state index < -0.39 is 0 Å². The summed E-state index contributed by atoms with van der Waals surface area (Å²) in [6.07, 6.45) is 4.05. The van der Waals surface area contributed by atoms with E-state index in [2.05, 4.69) is 19.2 Å². The van der Waals surface area contributed by atoms with Gasteiger partial charge in [0.05, 0.1) is 6.04 Å². The molecule has 120 valence electrons. The lowest BCUT2D eigenvalue weighted by Gasteiger charge is -2.20. The highest BCUT2D eigenvalue weighted by Crippen LogP contribution is 2.21. The zero-order valence-electron chi connectivity index (χ0n) is 13.5. The van der Waals surface area contributed by atoms with Crippen LogP contribution in [0.2, 0.25) is 0 Å². The van der Waals surface area contributed by atoms with Gasteiger partial charge in [-0.3, -0.25) is 4.79 Å². The number of hydrogen-bond acceptors (Lipinski definition) is 1. The van der Waals surface area contributed by atoms with E-state index in [4.69, 9.17) is 0 Å². The summed E-state index contributed by atoms with van der Waals surface area (Å²) in [6.45, 7) is 4.27. The lowest BCUT2D eigenvalue weighted by molar-refractivity contribution is -0.117. The van der Waals surface area contributed by atoms with Gasteiger partial charge in [0, 0.05) is 6.08 Å². The first-order valence-electron chi connectivity index (χ1n) is 7.83. The molecule has 0 radical (unpaired) electrons. The molecule has 0 unspecified atom stereocenters. The van der Waals surface area contributed by atoms with Crippen LogP contribution in [0, 0.1) is 11.7 Å². The van der Waals surface area contributed by atoms with Crippen molar-refractivity contribution in [2.75, 3.05) is 0 Å². The van der Waals surface area contributed by atoms with Crippen LogP contribution >= 0.6 is 0 Å². The molecule has 0 saturated heterocycles. The minimum Gasteiger partial charge on any atom is -0.346 e. The summed E-state index contributed by atoms with van der Waals surface area (Å²) in [5.74, 6) is 0.0399. The standard InChI is InChI=1S/C20H22FNO/c1-15(2)14-19(17-6-4-3-5-7-17)22-20(23)13-10-16-8-11-18(21)12-9-16/h3-13,15,19H,14H2,1-2H3,(H,22,23)/b13-10+/t19-/m1/s1. The molecule has 1 amide bonds. The smallest absolute Gasteiger partial charge is 0.244 e. The Kier molecular flexibility index (Phi) is 6.10. The first-order chi connectivity index (χ1) is 11.0. The fraction of sp³-hybridized carbons (Fsp3) is 0.250. The minimum atomic E-state index is -0.285. The molecule has 0 fully saturated rings. The topological polar surface area (TPSA) is 29.1 Å². The number of halogens is 1. The third kappa shape index (κ3) is 5.70. The van der Waals surface area contributed by atoms with E-state index in [9.17, 15) is 9.18 Å². The van der Waals surface area contributed by atoms with Gasteiger partial charge in [-0.2, -0.15) is 0 Å². The van der Waals surface area contributed by atoms with Crippen LogP contribution in [0.25, 0.3) is 6.08 Å². The SMILES string of the molecule is CC(C)C[C@@H](NC(=O)/C=C/c1ccc(F)cc1)c1ccccc1. The van der Waals surface area contributed by atoms with Gasteiger partial charge in [-0.15, -0.1) is 0 Å². The van der Waals surface area contributed by atoms with Crippen molar-refractivity contribution >= 4 is 12.0 Å². The van der Waals surface area contributed by atoms with Gasteiger partial charge in [0.25, 0.3) is 0 Å². The molecule has 1 N–H and O–H groups in total. The minimum absolute atomic E-state index is 0.0124. The van der Waals surface area contributed by atoms with Crippen molar-refractivity contribution in [3.63, 3.8) is 0 Å². The van der Waals surface area contributed by atoms with Crippen LogP contribution in [-0.4, -0.2) is 5.91 Å². The Balaban J connectivity index is 2.04. The van der Waals surface area contributed by atoms with E-state index in [-0.39, 0.29) is 17.8 Å². The molecule has 3 heteroatoms. The van der Waals surface area contributed by atoms with Crippen molar-refractivity contribution in [3.05, 3.63) is 77.6 Å². The fourth-order valence-electron chi connectivity index (χ4n) is 2.40. The quantitative estimate of drug-likeness (QED) is 0.767. The van der Waals surface area contributed by atoms with Gasteiger partial charge in [-0.25, -0.2) is 4.39 Å². The molecular formula is C20H22FNO. The second kappa shape index (κ2) is 8.28. The van der Waals surface area contributed by atoms with Gasteiger partial charge >= 0.3 is 0 Å². The number of carbonyl (C=O) groups excluding carboxylic acids is 1. The molecule has 0 saturated carbocycles. The number of benzene rings is 2. The van der Waals surface area contributed by atoms with Crippen molar-refractivity contribution in [1.29, 1.82) is 0 Å². The number of carbonyl (C=O) groups is 1. The van der Waals surface area contributed by atoms with Gasteiger partial charge in [0.2, 0.25) is 5.91 Å². The molecule has 0 aliphatic rings. The fourth-order valence-corrected chi connectivity index (χ4v) is 2.40. The first kappa shape index (κ1) is 16.9. The van der Waals surface area contributed by atoms with Crippen molar-refractivity contribution in [2.45, 2.75) is 26.3 Å². The zero-order valence-corrected chi connectivity index (χ0v) is 13.5. The molecule has 0 aliphatic heterocycles. The zero-order chi connectivity index (χ0) is 16.7.